The lowest BCUT2D eigenvalue weighted by atomic mass is 9.94. The number of rotatable bonds is 4. The van der Waals surface area contributed by atoms with Crippen LogP contribution in [-0.2, 0) is 0 Å². The number of aromatic nitrogens is 1. The summed E-state index contributed by atoms with van der Waals surface area (Å²) in [7, 11) is 0. The summed E-state index contributed by atoms with van der Waals surface area (Å²) in [4.78, 5) is 18.5. The first-order valence-electron chi connectivity index (χ1n) is 7.23. The number of hydrogen-bond acceptors (Lipinski definition) is 3. The van der Waals surface area contributed by atoms with Crippen molar-refractivity contribution in [2.24, 2.45) is 5.92 Å². The van der Waals surface area contributed by atoms with Gasteiger partial charge < -0.3 is 10.2 Å². The molecule has 1 aromatic heterocycles. The Morgan fingerprint density at radius 1 is 1.37 bits per heavy atom. The number of piperidine rings is 1. The van der Waals surface area contributed by atoms with E-state index in [1.165, 1.54) is 6.42 Å². The summed E-state index contributed by atoms with van der Waals surface area (Å²) in [5, 5.41) is 3.13. The van der Waals surface area contributed by atoms with Gasteiger partial charge in [0.15, 0.2) is 0 Å². The van der Waals surface area contributed by atoms with Gasteiger partial charge in [0.1, 0.15) is 5.82 Å². The van der Waals surface area contributed by atoms with Gasteiger partial charge in [0.25, 0.3) is 5.91 Å². The first kappa shape index (κ1) is 13.8. The Kier molecular flexibility index (Phi) is 4.77. The van der Waals surface area contributed by atoms with Gasteiger partial charge in [0.05, 0.1) is 5.56 Å². The molecule has 0 radical (unpaired) electrons. The Balaban J connectivity index is 1.96. The average Bonchev–Trinajstić information content (AvgIpc) is 2.48. The zero-order valence-corrected chi connectivity index (χ0v) is 11.9. The van der Waals surface area contributed by atoms with Gasteiger partial charge in [-0.1, -0.05) is 13.3 Å². The van der Waals surface area contributed by atoms with Crippen LogP contribution in [0.25, 0.3) is 0 Å². The number of pyridine rings is 1. The molecule has 4 nitrogen and oxygen atoms in total. The van der Waals surface area contributed by atoms with Gasteiger partial charge in [-0.2, -0.15) is 0 Å². The van der Waals surface area contributed by atoms with E-state index in [1.54, 1.807) is 6.20 Å². The zero-order chi connectivity index (χ0) is 13.7. The van der Waals surface area contributed by atoms with Gasteiger partial charge in [-0.25, -0.2) is 4.98 Å². The van der Waals surface area contributed by atoms with Crippen molar-refractivity contribution in [1.29, 1.82) is 0 Å². The van der Waals surface area contributed by atoms with Crippen LogP contribution in [0.5, 0.6) is 0 Å². The van der Waals surface area contributed by atoms with E-state index in [0.29, 0.717) is 5.56 Å². The highest BCUT2D eigenvalue weighted by molar-refractivity contribution is 5.94. The minimum atomic E-state index is 0.116. The molecule has 1 N–H and O–H groups in total. The quantitative estimate of drug-likeness (QED) is 0.906. The highest BCUT2D eigenvalue weighted by atomic mass is 16.2. The van der Waals surface area contributed by atoms with Crippen molar-refractivity contribution in [2.45, 2.75) is 33.1 Å². The molecular weight excluding hydrogens is 238 g/mol. The number of carbonyl (C=O) groups excluding carboxylic acids is 1. The van der Waals surface area contributed by atoms with Gasteiger partial charge in [-0.05, 0) is 37.8 Å². The molecule has 0 saturated carbocycles. The van der Waals surface area contributed by atoms with Crippen molar-refractivity contribution >= 4 is 11.7 Å². The molecule has 1 aliphatic heterocycles. The minimum absolute atomic E-state index is 0.116. The molecule has 2 rings (SSSR count). The molecule has 0 atom stereocenters. The van der Waals surface area contributed by atoms with Gasteiger partial charge >= 0.3 is 0 Å². The molecule has 1 saturated heterocycles. The first-order chi connectivity index (χ1) is 9.24. The minimum Gasteiger partial charge on any atom is -0.370 e. The van der Waals surface area contributed by atoms with Crippen LogP contribution in [0, 0.1) is 5.92 Å². The predicted molar refractivity (Wildman–Crippen MR) is 77.3 cm³/mol. The third-order valence-corrected chi connectivity index (χ3v) is 3.85. The Hall–Kier alpha value is -1.58. The summed E-state index contributed by atoms with van der Waals surface area (Å²) in [6.45, 7) is 6.85. The lowest BCUT2D eigenvalue weighted by Crippen LogP contribution is -2.38. The topological polar surface area (TPSA) is 45.2 Å². The maximum absolute atomic E-state index is 12.3. The summed E-state index contributed by atoms with van der Waals surface area (Å²) in [6, 6.07) is 3.73. The van der Waals surface area contributed by atoms with E-state index in [4.69, 9.17) is 0 Å². The van der Waals surface area contributed by atoms with E-state index >= 15 is 0 Å². The fraction of sp³-hybridized carbons (Fsp3) is 0.600. The van der Waals surface area contributed by atoms with Gasteiger partial charge in [0.2, 0.25) is 0 Å². The SMILES string of the molecule is CCNc1ccc(C(=O)N2CCC(CC)CC2)cn1. The number of carbonyl (C=O) groups is 1. The molecule has 0 unspecified atom stereocenters. The monoisotopic (exact) mass is 261 g/mol. The average molecular weight is 261 g/mol. The van der Waals surface area contributed by atoms with Gasteiger partial charge in [0, 0.05) is 25.8 Å². The summed E-state index contributed by atoms with van der Waals surface area (Å²) in [5.74, 6) is 1.73. The molecule has 1 aromatic rings. The van der Waals surface area contributed by atoms with E-state index in [0.717, 1.165) is 44.2 Å². The fourth-order valence-electron chi connectivity index (χ4n) is 2.53. The second-order valence-corrected chi connectivity index (χ2v) is 5.11. The molecule has 1 amide bonds. The molecule has 1 aliphatic rings. The standard InChI is InChI=1S/C15H23N3O/c1-3-12-7-9-18(10-8-12)15(19)13-5-6-14(16-4-2)17-11-13/h5-6,11-12H,3-4,7-10H2,1-2H3,(H,16,17). The van der Waals surface area contributed by atoms with E-state index in [1.807, 2.05) is 24.0 Å². The third kappa shape index (κ3) is 3.46. The Morgan fingerprint density at radius 2 is 2.11 bits per heavy atom. The van der Waals surface area contributed by atoms with Crippen molar-refractivity contribution in [1.82, 2.24) is 9.88 Å². The van der Waals surface area contributed by atoms with Crippen LogP contribution in [0.15, 0.2) is 18.3 Å². The van der Waals surface area contributed by atoms with Gasteiger partial charge in [-0.15, -0.1) is 0 Å². The zero-order valence-electron chi connectivity index (χ0n) is 11.9. The number of anilines is 1. The second-order valence-electron chi connectivity index (χ2n) is 5.11. The normalized spacial score (nSPS) is 16.4. The number of hydrogen-bond donors (Lipinski definition) is 1. The van der Waals surface area contributed by atoms with Crippen molar-refractivity contribution in [3.8, 4) is 0 Å². The van der Waals surface area contributed by atoms with Crippen LogP contribution in [0.1, 0.15) is 43.5 Å². The van der Waals surface area contributed by atoms with Crippen molar-refractivity contribution < 1.29 is 4.79 Å². The summed E-state index contributed by atoms with van der Waals surface area (Å²) in [6.07, 6.45) is 5.16. The molecule has 4 heteroatoms. The Bertz CT molecular complexity index is 408. The number of nitrogens with zero attached hydrogens (tertiary/aromatic N) is 2. The first-order valence-corrected chi connectivity index (χ1v) is 7.23. The molecule has 104 valence electrons. The lowest BCUT2D eigenvalue weighted by Gasteiger charge is -2.31. The molecule has 1 fully saturated rings. The van der Waals surface area contributed by atoms with Crippen molar-refractivity contribution in [3.05, 3.63) is 23.9 Å². The van der Waals surface area contributed by atoms with Crippen molar-refractivity contribution in [2.75, 3.05) is 25.0 Å². The number of amides is 1. The molecule has 0 bridgehead atoms. The molecular formula is C15H23N3O. The van der Waals surface area contributed by atoms with Crippen LogP contribution in [0.3, 0.4) is 0 Å². The molecule has 0 spiro atoms. The fourth-order valence-corrected chi connectivity index (χ4v) is 2.53. The Morgan fingerprint density at radius 3 is 2.63 bits per heavy atom. The third-order valence-electron chi connectivity index (χ3n) is 3.85. The molecule has 0 aromatic carbocycles. The summed E-state index contributed by atoms with van der Waals surface area (Å²) >= 11 is 0. The molecule has 0 aliphatic carbocycles. The molecule has 19 heavy (non-hydrogen) atoms. The highest BCUT2D eigenvalue weighted by Gasteiger charge is 2.22. The van der Waals surface area contributed by atoms with Crippen LogP contribution in [0.4, 0.5) is 5.82 Å². The largest absolute Gasteiger partial charge is 0.370 e. The smallest absolute Gasteiger partial charge is 0.255 e. The Labute approximate surface area is 115 Å². The van der Waals surface area contributed by atoms with Crippen LogP contribution >= 0.6 is 0 Å². The maximum Gasteiger partial charge on any atom is 0.255 e. The van der Waals surface area contributed by atoms with E-state index in [2.05, 4.69) is 17.2 Å². The van der Waals surface area contributed by atoms with Crippen LogP contribution < -0.4 is 5.32 Å². The summed E-state index contributed by atoms with van der Waals surface area (Å²) in [5.41, 5.74) is 0.691. The highest BCUT2D eigenvalue weighted by Crippen LogP contribution is 2.21. The van der Waals surface area contributed by atoms with Crippen LogP contribution in [0.2, 0.25) is 0 Å². The predicted octanol–water partition coefficient (Wildman–Crippen LogP) is 2.78. The van der Waals surface area contributed by atoms with E-state index in [-0.39, 0.29) is 5.91 Å². The molecule has 2 heterocycles. The van der Waals surface area contributed by atoms with Crippen molar-refractivity contribution in [3.63, 3.8) is 0 Å². The van der Waals surface area contributed by atoms with Gasteiger partial charge in [-0.3, -0.25) is 4.79 Å². The number of nitrogens with one attached hydrogen (secondary N) is 1. The van der Waals surface area contributed by atoms with Crippen LogP contribution in [-0.4, -0.2) is 35.4 Å². The summed E-state index contributed by atoms with van der Waals surface area (Å²) < 4.78 is 0. The lowest BCUT2D eigenvalue weighted by molar-refractivity contribution is 0.0688. The maximum atomic E-state index is 12.3. The second kappa shape index (κ2) is 6.55. The van der Waals surface area contributed by atoms with E-state index < -0.39 is 0 Å². The number of likely N-dealkylation sites (tertiary alicyclic amines) is 1. The van der Waals surface area contributed by atoms with E-state index in [9.17, 15) is 4.79 Å².